The van der Waals surface area contributed by atoms with Gasteiger partial charge in [-0.1, -0.05) is 16.8 Å². The normalized spacial score (nSPS) is 30.0. The number of imidazole rings is 3. The highest BCUT2D eigenvalue weighted by Gasteiger charge is 2.51. The number of aromatic amines is 2. The quantitative estimate of drug-likeness (QED) is 0.0253. The number of aliphatic hydroxyl groups is 3. The number of nitrogens with two attached hydrogens (primary N) is 4. The van der Waals surface area contributed by atoms with E-state index in [-0.39, 0.29) is 57.2 Å². The lowest BCUT2D eigenvalue weighted by molar-refractivity contribution is -0.745. The zero-order chi connectivity index (χ0) is 55.8. The monoisotopic (exact) mass is 1190 g/mol. The van der Waals surface area contributed by atoms with Crippen molar-refractivity contribution in [2.75, 3.05) is 57.0 Å². The molecule has 9 rings (SSSR count). The fourth-order valence-electron chi connectivity index (χ4n) is 8.62. The molecule has 44 heteroatoms. The first-order chi connectivity index (χ1) is 36.1. The second-order valence-corrected chi connectivity index (χ2v) is 24.0. The molecule has 3 fully saturated rings. The van der Waals surface area contributed by atoms with E-state index < -0.39 is 135 Å². The van der Waals surface area contributed by atoms with Crippen molar-refractivity contribution < 1.29 is 104 Å². The number of aryl methyl sites for hydroxylation is 1. The Morgan fingerprint density at radius 3 is 1.91 bits per heavy atom. The summed E-state index contributed by atoms with van der Waals surface area (Å²) in [4.78, 5) is 106. The van der Waals surface area contributed by atoms with E-state index in [2.05, 4.69) is 53.0 Å². The van der Waals surface area contributed by atoms with Crippen molar-refractivity contribution >= 4 is 99.1 Å². The maximum absolute atomic E-state index is 14.0. The highest BCUT2D eigenvalue weighted by Crippen LogP contribution is 2.63. The fourth-order valence-corrected chi connectivity index (χ4v) is 13.4. The van der Waals surface area contributed by atoms with E-state index >= 15 is 0 Å². The molecule has 13 N–H and O–H groups in total. The summed E-state index contributed by atoms with van der Waals surface area (Å²) in [5.74, 6) is -1.12. The molecule has 0 spiro atoms. The number of fused-ring (bicyclic) bond motifs is 3. The van der Waals surface area contributed by atoms with Crippen molar-refractivity contribution in [3.63, 3.8) is 0 Å². The number of aromatic nitrogens is 12. The number of phosphoric acid groups is 3. The molecule has 16 atom stereocenters. The largest absolute Gasteiger partial charge is 0.780 e. The zero-order valence-corrected chi connectivity index (χ0v) is 43.7. The van der Waals surface area contributed by atoms with Gasteiger partial charge in [0.15, 0.2) is 41.4 Å². The van der Waals surface area contributed by atoms with Crippen LogP contribution in [-0.2, 0) is 83.0 Å². The number of rotatable bonds is 20. The first-order valence-corrected chi connectivity index (χ1v) is 28.6. The number of nitrogen functional groups attached to an aromatic ring is 4. The predicted molar refractivity (Wildman–Crippen MR) is 246 cm³/mol. The minimum absolute atomic E-state index is 0.00173. The molecule has 77 heavy (non-hydrogen) atoms. The minimum atomic E-state index is -6.55. The molecule has 6 aromatic heterocycles. The molecule has 0 aromatic carbocycles. The van der Waals surface area contributed by atoms with Crippen LogP contribution in [-0.4, -0.2) is 158 Å². The van der Waals surface area contributed by atoms with Gasteiger partial charge in [0.05, 0.1) is 39.5 Å². The first-order valence-electron chi connectivity index (χ1n) is 21.7. The van der Waals surface area contributed by atoms with Gasteiger partial charge < -0.3 is 99.6 Å². The topological polar surface area (TPSA) is 571 Å². The van der Waals surface area contributed by atoms with E-state index in [1.165, 1.54) is 22.5 Å². The predicted octanol–water partition coefficient (Wildman–Crippen LogP) is -6.89. The van der Waals surface area contributed by atoms with Crippen molar-refractivity contribution in [3.8, 4) is 0 Å². The lowest BCUT2D eigenvalue weighted by Crippen LogP contribution is -2.46. The van der Waals surface area contributed by atoms with Gasteiger partial charge in [-0.2, -0.15) is 15.0 Å². The standard InChI is InChI=1S/C33H46N16O23P4S/c1-46-9-49(25-15(46)27(54)45-33(37)43-25)29-18(52)19(62-2)11(68-29)5-64-73(55,56)71-75(59,60)72-74(57,58)65-6-12-20(21(63-3)30(69-12)48-7-38-13-22(34)40-31(35)41-23(13)48)70-76(61,77)66-4-10-16(50)17(51)28(67-10)47-8-39-14-24(47)42-32(36)44-26(14)53/h7-12,16-21,28-30,50-52H,4-6H2,1-3H3,(H13-,34,35,36,37,40,41,42,43,44,45,53,54,55,56,57,58,59,60,61,77)/p-3/t10-,11-,12-,16+,17?,18?,19+,20+,21?,28-,29-,30-,76?/m1/s1. The SMILES string of the molecule is COC1[C@@H](OP([O-])(=S)OC[C@H]2O[C@@H](n3cnc4c(=O)[nH]c(N)nc43)C(O)[C@H]2O)[C@@H](COP(=O)([O-])OP(=O)([O-])OP(=O)([O-])OC[C@H]2O[C@@H]([n+]3cn(C)c4c(=O)[nH]c(N)nc43)C(O)[C@H]2OC)O[C@H]1n1cnc2c(N)nc(N)nc21. The number of anilines is 4. The van der Waals surface area contributed by atoms with Gasteiger partial charge >= 0.3 is 5.65 Å². The summed E-state index contributed by atoms with van der Waals surface area (Å²) in [6, 6.07) is 0. The summed E-state index contributed by atoms with van der Waals surface area (Å²) >= 11 is 5.16. The maximum Gasteiger partial charge on any atom is 0.313 e. The molecule has 0 radical (unpaired) electrons. The number of hydrogen-bond donors (Lipinski definition) is 9. The zero-order valence-electron chi connectivity index (χ0n) is 39.3. The maximum atomic E-state index is 14.0. The molecule has 3 saturated heterocycles. The number of methoxy groups -OCH3 is 2. The number of hydrogen-bond acceptors (Lipinski definition) is 34. The second-order valence-electron chi connectivity index (χ2n) is 16.8. The van der Waals surface area contributed by atoms with Crippen LogP contribution in [0.15, 0.2) is 28.6 Å². The number of H-pyrrole nitrogens is 2. The van der Waals surface area contributed by atoms with E-state index in [4.69, 9.17) is 72.0 Å². The fraction of sp³-hybridized carbons (Fsp3) is 0.545. The molecule has 6 aromatic rings. The van der Waals surface area contributed by atoms with Gasteiger partial charge in [-0.15, -0.1) is 0 Å². The first kappa shape index (κ1) is 56.8. The van der Waals surface area contributed by atoms with Crippen LogP contribution in [0.4, 0.5) is 23.7 Å². The average molecular weight is 1190 g/mol. The third-order valence-electron chi connectivity index (χ3n) is 11.8. The summed E-state index contributed by atoms with van der Waals surface area (Å²) in [6.07, 6.45) is -15.6. The van der Waals surface area contributed by atoms with E-state index in [1.807, 2.05) is 0 Å². The number of nitrogens with one attached hydrogen (secondary N) is 2. The summed E-state index contributed by atoms with van der Waals surface area (Å²) < 4.78 is 101. The van der Waals surface area contributed by atoms with Crippen molar-refractivity contribution in [3.05, 3.63) is 39.7 Å². The Labute approximate surface area is 432 Å². The lowest BCUT2D eigenvalue weighted by Gasteiger charge is -2.36. The minimum Gasteiger partial charge on any atom is -0.780 e. The molecule has 7 unspecified atom stereocenters. The van der Waals surface area contributed by atoms with E-state index in [1.54, 1.807) is 0 Å². The number of aliphatic hydroxyl groups excluding tert-OH is 3. The second kappa shape index (κ2) is 21.3. The Hall–Kier alpha value is -4.93. The van der Waals surface area contributed by atoms with Crippen LogP contribution in [0.3, 0.4) is 0 Å². The molecule has 0 saturated carbocycles. The van der Waals surface area contributed by atoms with Crippen LogP contribution < -0.4 is 58.2 Å². The van der Waals surface area contributed by atoms with Crippen molar-refractivity contribution in [1.82, 2.24) is 53.6 Å². The van der Waals surface area contributed by atoms with Gasteiger partial charge in [-0.25, -0.2) is 23.2 Å². The molecule has 422 valence electrons. The van der Waals surface area contributed by atoms with Crippen molar-refractivity contribution in [1.29, 1.82) is 0 Å². The summed E-state index contributed by atoms with van der Waals surface area (Å²) in [6.45, 7) is -8.22. The molecular weight excluding hydrogens is 1140 g/mol. The Morgan fingerprint density at radius 1 is 0.701 bits per heavy atom. The molecule has 0 aliphatic carbocycles. The third-order valence-corrected chi connectivity index (χ3v) is 17.5. The van der Waals surface area contributed by atoms with E-state index in [9.17, 15) is 58.2 Å². The summed E-state index contributed by atoms with van der Waals surface area (Å²) in [5.41, 5.74) is 21.3. The van der Waals surface area contributed by atoms with Crippen molar-refractivity contribution in [2.45, 2.75) is 73.6 Å². The van der Waals surface area contributed by atoms with Gasteiger partial charge in [0.1, 0.15) is 67.2 Å². The van der Waals surface area contributed by atoms with Gasteiger partial charge in [0.25, 0.3) is 40.5 Å². The Morgan fingerprint density at radius 2 is 1.26 bits per heavy atom. The summed E-state index contributed by atoms with van der Waals surface area (Å²) in [5, 5.41) is 32.9. The molecule has 39 nitrogen and oxygen atoms in total. The van der Waals surface area contributed by atoms with Gasteiger partial charge in [0, 0.05) is 14.2 Å². The van der Waals surface area contributed by atoms with Gasteiger partial charge in [0.2, 0.25) is 23.6 Å². The van der Waals surface area contributed by atoms with E-state index in [0.717, 1.165) is 36.0 Å². The molecule has 0 bridgehead atoms. The van der Waals surface area contributed by atoms with Gasteiger partial charge in [-0.05, 0) is 0 Å². The van der Waals surface area contributed by atoms with Gasteiger partial charge in [-0.3, -0.25) is 47.0 Å². The average Bonchev–Trinajstić information content (AvgIpc) is 4.18. The van der Waals surface area contributed by atoms with Crippen LogP contribution >= 0.6 is 30.2 Å². The summed E-state index contributed by atoms with van der Waals surface area (Å²) in [7, 11) is -15.3. The number of ether oxygens (including phenoxy) is 5. The molecular formula is C33H43N16O23P4S-3. The molecule has 3 aliphatic heterocycles. The molecule has 3 aliphatic rings. The highest BCUT2D eigenvalue weighted by atomic mass is 32.5. The van der Waals surface area contributed by atoms with E-state index in [0.29, 0.717) is 0 Å². The molecule has 9 heterocycles. The third kappa shape index (κ3) is 11.5. The van der Waals surface area contributed by atoms with Crippen LogP contribution in [0, 0.1) is 0 Å². The molecule has 0 amide bonds. The number of nitrogens with zero attached hydrogens (tertiary/aromatic N) is 10. The number of phosphoric ester groups is 2. The van der Waals surface area contributed by atoms with Crippen LogP contribution in [0.25, 0.3) is 33.5 Å². The highest BCUT2D eigenvalue weighted by molar-refractivity contribution is 8.06. The smallest absolute Gasteiger partial charge is 0.313 e. The van der Waals surface area contributed by atoms with Crippen LogP contribution in [0.5, 0.6) is 0 Å². The van der Waals surface area contributed by atoms with Crippen LogP contribution in [0.1, 0.15) is 18.7 Å². The van der Waals surface area contributed by atoms with Crippen LogP contribution in [0.2, 0.25) is 0 Å². The Balaban J connectivity index is 0.874. The Bertz CT molecular complexity index is 3550. The Kier molecular flexibility index (Phi) is 15.7. The van der Waals surface area contributed by atoms with Crippen molar-refractivity contribution in [2.24, 2.45) is 7.05 Å². The lowest BCUT2D eigenvalue weighted by atomic mass is 10.1.